The summed E-state index contributed by atoms with van der Waals surface area (Å²) in [6.45, 7) is 0.374. The molecule has 2 amide bonds. The molecule has 298 valence electrons. The number of nitrogens with zero attached hydrogens (tertiary/aromatic N) is 4. The highest BCUT2D eigenvalue weighted by atomic mass is 16.5. The van der Waals surface area contributed by atoms with Crippen molar-refractivity contribution in [3.05, 3.63) is 124 Å². The summed E-state index contributed by atoms with van der Waals surface area (Å²) in [6.07, 6.45) is 5.28. The van der Waals surface area contributed by atoms with Crippen LogP contribution in [0.15, 0.2) is 101 Å². The van der Waals surface area contributed by atoms with Crippen molar-refractivity contribution in [2.24, 2.45) is 9.98 Å². The van der Waals surface area contributed by atoms with Crippen molar-refractivity contribution < 1.29 is 43.2 Å². The minimum Gasteiger partial charge on any atom is -0.494 e. The fraction of sp³-hybridized carbons (Fsp3) is 0.239. The molecule has 5 aromatic rings. The second-order valence-corrected chi connectivity index (χ2v) is 14.7. The van der Waals surface area contributed by atoms with E-state index in [9.17, 15) is 14.4 Å². The van der Waals surface area contributed by atoms with E-state index in [1.165, 1.54) is 14.2 Å². The molecule has 0 bridgehead atoms. The number of ether oxygens (including phenoxy) is 5. The molecule has 2 atom stereocenters. The summed E-state index contributed by atoms with van der Waals surface area (Å²) in [5.41, 5.74) is 7.20. The molecule has 5 aromatic carbocycles. The van der Waals surface area contributed by atoms with Crippen LogP contribution in [0, 0.1) is 0 Å². The van der Waals surface area contributed by atoms with Gasteiger partial charge in [0.1, 0.15) is 19.0 Å². The average Bonchev–Trinajstić information content (AvgIpc) is 3.74. The Morgan fingerprint density at radius 2 is 1.15 bits per heavy atom. The molecule has 1 N–H and O–H groups in total. The zero-order valence-electron chi connectivity index (χ0n) is 32.4. The molecule has 4 aliphatic heterocycles. The third kappa shape index (κ3) is 7.20. The van der Waals surface area contributed by atoms with Gasteiger partial charge >= 0.3 is 5.97 Å². The van der Waals surface area contributed by atoms with Crippen molar-refractivity contribution in [3.8, 4) is 28.7 Å². The van der Waals surface area contributed by atoms with Crippen molar-refractivity contribution in [2.45, 2.75) is 51.0 Å². The Hall–Kier alpha value is -7.15. The van der Waals surface area contributed by atoms with Gasteiger partial charge in [-0.05, 0) is 71.1 Å². The summed E-state index contributed by atoms with van der Waals surface area (Å²) in [6, 6.07) is 27.7. The van der Waals surface area contributed by atoms with Crippen LogP contribution in [0.3, 0.4) is 0 Å². The zero-order chi connectivity index (χ0) is 40.6. The average molecular weight is 793 g/mol. The van der Waals surface area contributed by atoms with E-state index in [0.717, 1.165) is 33.6 Å². The van der Waals surface area contributed by atoms with E-state index >= 15 is 0 Å². The summed E-state index contributed by atoms with van der Waals surface area (Å²) in [7, 11) is 3.04. The summed E-state index contributed by atoms with van der Waals surface area (Å²) in [5, 5.41) is 9.14. The largest absolute Gasteiger partial charge is 0.494 e. The Kier molecular flexibility index (Phi) is 9.93. The number of rotatable bonds is 13. The van der Waals surface area contributed by atoms with Crippen LogP contribution in [0.25, 0.3) is 0 Å². The Labute approximate surface area is 340 Å². The lowest BCUT2D eigenvalue weighted by Crippen LogP contribution is -2.37. The molecular formula is C46H40N4O9. The lowest BCUT2D eigenvalue weighted by Gasteiger charge is -2.22. The van der Waals surface area contributed by atoms with Crippen LogP contribution >= 0.6 is 0 Å². The van der Waals surface area contributed by atoms with Gasteiger partial charge in [-0.3, -0.25) is 34.2 Å². The molecule has 13 heteroatoms. The van der Waals surface area contributed by atoms with Gasteiger partial charge in [-0.15, -0.1) is 0 Å². The van der Waals surface area contributed by atoms with Gasteiger partial charge in [-0.1, -0.05) is 36.4 Å². The number of carboxylic acids is 1. The highest BCUT2D eigenvalue weighted by molar-refractivity contribution is 6.15. The van der Waals surface area contributed by atoms with Crippen LogP contribution in [0.5, 0.6) is 28.7 Å². The number of amides is 2. The maximum Gasteiger partial charge on any atom is 0.303 e. The van der Waals surface area contributed by atoms with Crippen LogP contribution in [-0.4, -0.2) is 68.2 Å². The number of carbonyl (C=O) groups excluding carboxylic acids is 2. The van der Waals surface area contributed by atoms with Crippen LogP contribution in [-0.2, 0) is 30.8 Å². The van der Waals surface area contributed by atoms with Crippen LogP contribution in [0.2, 0.25) is 0 Å². The SMILES string of the molecule is COc1cc2c(cc1OCc1cc(COc3cc4c(cc3OC)C(=O)N3c5ccccc5CC3C=N4)cc(OCCCC(=O)O)c1)N=CC1Cc3ccccc3N1C2=O. The van der Waals surface area contributed by atoms with Crippen molar-refractivity contribution >= 4 is 53.0 Å². The monoisotopic (exact) mass is 792 g/mol. The zero-order valence-corrected chi connectivity index (χ0v) is 32.4. The van der Waals surface area contributed by atoms with Gasteiger partial charge in [-0.2, -0.15) is 0 Å². The Balaban J connectivity index is 0.958. The van der Waals surface area contributed by atoms with Gasteiger partial charge in [0.05, 0.1) is 55.4 Å². The van der Waals surface area contributed by atoms with Gasteiger partial charge < -0.3 is 28.8 Å². The first-order chi connectivity index (χ1) is 28.8. The molecule has 4 heterocycles. The highest BCUT2D eigenvalue weighted by Crippen LogP contribution is 2.43. The van der Waals surface area contributed by atoms with Crippen LogP contribution < -0.4 is 33.5 Å². The van der Waals surface area contributed by atoms with E-state index in [1.807, 2.05) is 79.2 Å². The van der Waals surface area contributed by atoms with Crippen LogP contribution in [0.1, 0.15) is 55.8 Å². The topological polar surface area (TPSA) is 149 Å². The smallest absolute Gasteiger partial charge is 0.303 e. The predicted molar refractivity (Wildman–Crippen MR) is 221 cm³/mol. The van der Waals surface area contributed by atoms with Crippen molar-refractivity contribution in [2.75, 3.05) is 30.6 Å². The van der Waals surface area contributed by atoms with Gasteiger partial charge in [0, 0.05) is 55.2 Å². The molecule has 0 radical (unpaired) electrons. The normalized spacial score (nSPS) is 16.8. The number of fused-ring (bicyclic) bond motifs is 8. The molecule has 13 nitrogen and oxygen atoms in total. The predicted octanol–water partition coefficient (Wildman–Crippen LogP) is 7.68. The lowest BCUT2D eigenvalue weighted by molar-refractivity contribution is -0.137. The number of hydrogen-bond donors (Lipinski definition) is 1. The number of aliphatic imine (C=N–C) groups is 2. The second kappa shape index (κ2) is 15.7. The molecule has 0 fully saturated rings. The summed E-state index contributed by atoms with van der Waals surface area (Å²) >= 11 is 0. The third-order valence-electron chi connectivity index (χ3n) is 10.9. The third-order valence-corrected chi connectivity index (χ3v) is 10.9. The fourth-order valence-corrected chi connectivity index (χ4v) is 8.09. The maximum atomic E-state index is 13.9. The summed E-state index contributed by atoms with van der Waals surface area (Å²) in [4.78, 5) is 52.0. The Bertz CT molecular complexity index is 2410. The van der Waals surface area contributed by atoms with E-state index < -0.39 is 5.97 Å². The van der Waals surface area contributed by atoms with Gasteiger partial charge in [0.15, 0.2) is 23.0 Å². The maximum absolute atomic E-state index is 13.9. The number of benzene rings is 5. The molecule has 0 aliphatic carbocycles. The fourth-order valence-electron chi connectivity index (χ4n) is 8.09. The summed E-state index contributed by atoms with van der Waals surface area (Å²) < 4.78 is 30.1. The molecule has 4 aliphatic rings. The van der Waals surface area contributed by atoms with Crippen molar-refractivity contribution in [3.63, 3.8) is 0 Å². The molecule has 59 heavy (non-hydrogen) atoms. The number of anilines is 2. The minimum atomic E-state index is -0.901. The Morgan fingerprint density at radius 1 is 0.661 bits per heavy atom. The molecule has 0 saturated carbocycles. The first-order valence-electron chi connectivity index (χ1n) is 19.4. The van der Waals surface area contributed by atoms with Gasteiger partial charge in [0.25, 0.3) is 11.8 Å². The number of para-hydroxylation sites is 2. The number of hydrogen-bond acceptors (Lipinski definition) is 10. The molecular weight excluding hydrogens is 753 g/mol. The first-order valence-corrected chi connectivity index (χ1v) is 19.4. The molecule has 0 spiro atoms. The van der Waals surface area contributed by atoms with Crippen LogP contribution in [0.4, 0.5) is 22.7 Å². The second-order valence-electron chi connectivity index (χ2n) is 14.7. The highest BCUT2D eigenvalue weighted by Gasteiger charge is 2.38. The van der Waals surface area contributed by atoms with E-state index in [1.54, 1.807) is 34.1 Å². The van der Waals surface area contributed by atoms with Crippen molar-refractivity contribution in [1.29, 1.82) is 0 Å². The lowest BCUT2D eigenvalue weighted by atomic mass is 10.1. The molecule has 0 saturated heterocycles. The number of aliphatic carboxylic acids is 1. The van der Waals surface area contributed by atoms with E-state index in [0.29, 0.717) is 70.5 Å². The molecule has 2 unspecified atom stereocenters. The molecule has 0 aromatic heterocycles. The number of carboxylic acid groups (broad SMARTS) is 1. The summed E-state index contributed by atoms with van der Waals surface area (Å²) in [5.74, 6) is 0.839. The quantitative estimate of drug-likeness (QED) is 0.119. The van der Waals surface area contributed by atoms with Crippen molar-refractivity contribution in [1.82, 2.24) is 0 Å². The first kappa shape index (κ1) is 37.4. The Morgan fingerprint density at radius 3 is 1.63 bits per heavy atom. The van der Waals surface area contributed by atoms with E-state index in [2.05, 4.69) is 0 Å². The van der Waals surface area contributed by atoms with E-state index in [-0.39, 0.29) is 50.1 Å². The molecule has 9 rings (SSSR count). The number of carbonyl (C=O) groups is 3. The standard InChI is InChI=1S/C46H40N4O9/c1-55-40-19-34-36(47-23-31-17-29-8-3-5-10-38(29)49(31)45(34)53)21-42(40)58-25-27-14-28(16-33(15-27)57-13-7-12-44(51)52)26-59-43-22-37-35(20-41(43)56-2)46(54)50-32(24-48-37)18-30-9-4-6-11-39(30)50/h3-6,8-11,14-16,19-24,31-32H,7,12-13,17-18,25-26H2,1-2H3,(H,51,52). The van der Waals surface area contributed by atoms with E-state index in [4.69, 9.17) is 38.8 Å². The number of methoxy groups -OCH3 is 2. The van der Waals surface area contributed by atoms with Gasteiger partial charge in [-0.25, -0.2) is 0 Å². The minimum absolute atomic E-state index is 0.0268. The van der Waals surface area contributed by atoms with Gasteiger partial charge in [0.2, 0.25) is 0 Å².